The van der Waals surface area contributed by atoms with E-state index >= 15 is 0 Å². The van der Waals surface area contributed by atoms with Gasteiger partial charge in [-0.3, -0.25) is 4.79 Å². The Balaban J connectivity index is 1.55. The first-order chi connectivity index (χ1) is 14.9. The van der Waals surface area contributed by atoms with E-state index in [1.54, 1.807) is 37.3 Å². The maximum absolute atomic E-state index is 12.9. The number of hydrogen-bond donors (Lipinski definition) is 0. The number of benzene rings is 3. The molecule has 1 aliphatic rings. The quantitative estimate of drug-likeness (QED) is 0.375. The summed E-state index contributed by atoms with van der Waals surface area (Å²) in [5.41, 5.74) is 3.42. The Morgan fingerprint density at radius 3 is 2.26 bits per heavy atom. The van der Waals surface area contributed by atoms with Gasteiger partial charge in [0.2, 0.25) is 0 Å². The molecule has 7 heteroatoms. The smallest absolute Gasteiger partial charge is 0.280 e. The lowest BCUT2D eigenvalue weighted by Gasteiger charge is -2.12. The van der Waals surface area contributed by atoms with E-state index in [1.165, 1.54) is 5.01 Å². The zero-order chi connectivity index (χ0) is 22.0. The van der Waals surface area contributed by atoms with Gasteiger partial charge in [0.05, 0.1) is 27.0 Å². The summed E-state index contributed by atoms with van der Waals surface area (Å²) in [5.74, 6) is 0.175. The van der Waals surface area contributed by atoms with Gasteiger partial charge in [-0.2, -0.15) is 10.1 Å². The average Bonchev–Trinajstić information content (AvgIpc) is 3.03. The number of hydrogen-bond acceptors (Lipinski definition) is 3. The number of nitrogens with zero attached hydrogens (tertiary/aromatic N) is 2. The number of halogens is 3. The van der Waals surface area contributed by atoms with Crippen molar-refractivity contribution in [1.82, 2.24) is 0 Å². The van der Waals surface area contributed by atoms with Gasteiger partial charge < -0.3 is 4.74 Å². The molecule has 0 atom stereocenters. The molecule has 0 radical (unpaired) electrons. The lowest BCUT2D eigenvalue weighted by molar-refractivity contribution is -0.114. The predicted molar refractivity (Wildman–Crippen MR) is 127 cm³/mol. The van der Waals surface area contributed by atoms with Crippen molar-refractivity contribution in [1.29, 1.82) is 0 Å². The SMILES string of the molecule is CC1=NN(c2ccccc2)C(=O)/C1=C/c1cc(Cl)c(OCc2ccc(Cl)cc2)c(Cl)c1. The molecule has 3 aromatic carbocycles. The number of para-hydroxylation sites is 1. The highest BCUT2D eigenvalue weighted by Crippen LogP contribution is 2.36. The van der Waals surface area contributed by atoms with Crippen LogP contribution in [0.2, 0.25) is 15.1 Å². The van der Waals surface area contributed by atoms with Crippen molar-refractivity contribution in [3.63, 3.8) is 0 Å². The summed E-state index contributed by atoms with van der Waals surface area (Å²) < 4.78 is 5.81. The molecule has 1 aliphatic heterocycles. The number of rotatable bonds is 5. The van der Waals surface area contributed by atoms with Gasteiger partial charge in [0.1, 0.15) is 6.61 Å². The van der Waals surface area contributed by atoms with Crippen molar-refractivity contribution in [2.24, 2.45) is 5.10 Å². The monoisotopic (exact) mass is 470 g/mol. The summed E-state index contributed by atoms with van der Waals surface area (Å²) in [6.07, 6.45) is 1.73. The number of hydrazone groups is 1. The second-order valence-electron chi connectivity index (χ2n) is 6.92. The Bertz CT molecular complexity index is 1170. The van der Waals surface area contributed by atoms with Crippen molar-refractivity contribution in [2.75, 3.05) is 5.01 Å². The van der Waals surface area contributed by atoms with Crippen LogP contribution in [-0.2, 0) is 11.4 Å². The third kappa shape index (κ3) is 4.77. The van der Waals surface area contributed by atoms with Crippen molar-refractivity contribution in [2.45, 2.75) is 13.5 Å². The van der Waals surface area contributed by atoms with Gasteiger partial charge in [0.15, 0.2) is 5.75 Å². The van der Waals surface area contributed by atoms with Crippen molar-refractivity contribution in [3.8, 4) is 5.75 Å². The Morgan fingerprint density at radius 2 is 1.61 bits per heavy atom. The molecule has 1 heterocycles. The third-order valence-corrected chi connectivity index (χ3v) is 5.50. The summed E-state index contributed by atoms with van der Waals surface area (Å²) in [7, 11) is 0. The van der Waals surface area contributed by atoms with E-state index in [0.717, 1.165) is 5.56 Å². The first-order valence-electron chi connectivity index (χ1n) is 9.45. The third-order valence-electron chi connectivity index (χ3n) is 4.69. The highest BCUT2D eigenvalue weighted by molar-refractivity contribution is 6.37. The minimum absolute atomic E-state index is 0.209. The molecule has 0 saturated carbocycles. The van der Waals surface area contributed by atoms with Crippen LogP contribution in [0.25, 0.3) is 6.08 Å². The van der Waals surface area contributed by atoms with E-state index in [-0.39, 0.29) is 5.91 Å². The van der Waals surface area contributed by atoms with E-state index in [4.69, 9.17) is 39.5 Å². The normalized spacial score (nSPS) is 14.8. The molecule has 4 nitrogen and oxygen atoms in total. The number of carbonyl (C=O) groups is 1. The van der Waals surface area contributed by atoms with Crippen LogP contribution in [0.3, 0.4) is 0 Å². The molecule has 0 unspecified atom stereocenters. The Labute approximate surface area is 195 Å². The van der Waals surface area contributed by atoms with Crippen LogP contribution in [0.15, 0.2) is 77.4 Å². The fraction of sp³-hybridized carbons (Fsp3) is 0.0833. The maximum Gasteiger partial charge on any atom is 0.280 e. The second-order valence-corrected chi connectivity index (χ2v) is 8.18. The molecule has 156 valence electrons. The summed E-state index contributed by atoms with van der Waals surface area (Å²) in [5, 5.41) is 7.13. The predicted octanol–water partition coefficient (Wildman–Crippen LogP) is 7.03. The molecule has 0 N–H and O–H groups in total. The molecule has 0 bridgehead atoms. The fourth-order valence-electron chi connectivity index (χ4n) is 3.13. The molecule has 3 aromatic rings. The molecule has 31 heavy (non-hydrogen) atoms. The minimum Gasteiger partial charge on any atom is -0.486 e. The van der Waals surface area contributed by atoms with Crippen LogP contribution in [0.5, 0.6) is 5.75 Å². The van der Waals surface area contributed by atoms with Crippen molar-refractivity contribution in [3.05, 3.63) is 98.5 Å². The Kier molecular flexibility index (Phi) is 6.33. The Morgan fingerprint density at radius 1 is 0.968 bits per heavy atom. The van der Waals surface area contributed by atoms with Gasteiger partial charge in [-0.05, 0) is 60.5 Å². The highest BCUT2D eigenvalue weighted by atomic mass is 35.5. The summed E-state index contributed by atoms with van der Waals surface area (Å²) in [4.78, 5) is 12.9. The first kappa shape index (κ1) is 21.4. The number of ether oxygens (including phenoxy) is 1. The molecular weight excluding hydrogens is 455 g/mol. The van der Waals surface area contributed by atoms with Gasteiger partial charge in [0, 0.05) is 5.02 Å². The number of carbonyl (C=O) groups excluding carboxylic acids is 1. The lowest BCUT2D eigenvalue weighted by Crippen LogP contribution is -2.21. The van der Waals surface area contributed by atoms with Crippen LogP contribution >= 0.6 is 34.8 Å². The fourth-order valence-corrected chi connectivity index (χ4v) is 3.87. The molecule has 0 fully saturated rings. The van der Waals surface area contributed by atoms with E-state index in [1.807, 2.05) is 42.5 Å². The first-order valence-corrected chi connectivity index (χ1v) is 10.6. The van der Waals surface area contributed by atoms with Crippen molar-refractivity contribution >= 4 is 58.2 Å². The maximum atomic E-state index is 12.9. The van der Waals surface area contributed by atoms with E-state index < -0.39 is 0 Å². The average molecular weight is 472 g/mol. The zero-order valence-corrected chi connectivity index (χ0v) is 18.7. The second kappa shape index (κ2) is 9.15. The standard InChI is InChI=1S/C24H17Cl3N2O2/c1-15-20(24(30)29(28-15)19-5-3-2-4-6-19)11-17-12-21(26)23(22(27)13-17)31-14-16-7-9-18(25)10-8-16/h2-13H,14H2,1H3/b20-11+. The number of anilines is 1. The molecule has 0 saturated heterocycles. The lowest BCUT2D eigenvalue weighted by atomic mass is 10.1. The van der Waals surface area contributed by atoms with Crippen LogP contribution in [-0.4, -0.2) is 11.6 Å². The summed E-state index contributed by atoms with van der Waals surface area (Å²) in [6.45, 7) is 2.09. The molecular formula is C24H17Cl3N2O2. The van der Waals surface area contributed by atoms with Gasteiger partial charge in [-0.15, -0.1) is 0 Å². The summed E-state index contributed by atoms with van der Waals surface area (Å²) >= 11 is 18.8. The van der Waals surface area contributed by atoms with E-state index in [9.17, 15) is 4.79 Å². The Hall–Kier alpha value is -2.79. The van der Waals surface area contributed by atoms with E-state index in [0.29, 0.717) is 50.0 Å². The molecule has 0 aromatic heterocycles. The highest BCUT2D eigenvalue weighted by Gasteiger charge is 2.28. The van der Waals surface area contributed by atoms with Crippen LogP contribution in [0.1, 0.15) is 18.1 Å². The van der Waals surface area contributed by atoms with Crippen LogP contribution in [0, 0.1) is 0 Å². The van der Waals surface area contributed by atoms with Gasteiger partial charge in [-0.25, -0.2) is 0 Å². The molecule has 1 amide bonds. The van der Waals surface area contributed by atoms with Crippen molar-refractivity contribution < 1.29 is 9.53 Å². The number of amides is 1. The van der Waals surface area contributed by atoms with Gasteiger partial charge in [0.25, 0.3) is 5.91 Å². The topological polar surface area (TPSA) is 41.9 Å². The minimum atomic E-state index is -0.209. The van der Waals surface area contributed by atoms with Crippen LogP contribution < -0.4 is 9.75 Å². The van der Waals surface area contributed by atoms with E-state index in [2.05, 4.69) is 5.10 Å². The summed E-state index contributed by atoms with van der Waals surface area (Å²) in [6, 6.07) is 20.0. The van der Waals surface area contributed by atoms with Crippen LogP contribution in [0.4, 0.5) is 5.69 Å². The zero-order valence-electron chi connectivity index (χ0n) is 16.5. The molecule has 0 aliphatic carbocycles. The van der Waals surface area contributed by atoms with Gasteiger partial charge >= 0.3 is 0 Å². The molecule has 4 rings (SSSR count). The largest absolute Gasteiger partial charge is 0.486 e. The molecule has 0 spiro atoms. The van der Waals surface area contributed by atoms with Gasteiger partial charge in [-0.1, -0.05) is 65.1 Å².